The number of sulfonamides is 1. The molecular formula is C18H23NO6S. The molecule has 1 unspecified atom stereocenters. The Kier molecular flexibility index (Phi) is 6.33. The number of hydrogen-bond acceptors (Lipinski definition) is 6. The number of rotatable bonds is 8. The topological polar surface area (TPSA) is 83.1 Å². The molecule has 0 fully saturated rings. The van der Waals surface area contributed by atoms with E-state index in [1.54, 1.807) is 38.3 Å². The molecule has 7 nitrogen and oxygen atoms in total. The molecule has 26 heavy (non-hydrogen) atoms. The van der Waals surface area contributed by atoms with Gasteiger partial charge in [-0.05, 0) is 37.3 Å². The lowest BCUT2D eigenvalue weighted by Gasteiger charge is -2.19. The zero-order valence-electron chi connectivity index (χ0n) is 15.4. The van der Waals surface area contributed by atoms with Crippen molar-refractivity contribution in [3.05, 3.63) is 42.0 Å². The van der Waals surface area contributed by atoms with E-state index >= 15 is 0 Å². The van der Waals surface area contributed by atoms with Crippen LogP contribution >= 0.6 is 0 Å². The average molecular weight is 381 g/mol. The lowest BCUT2D eigenvalue weighted by atomic mass is 10.1. The summed E-state index contributed by atoms with van der Waals surface area (Å²) in [6.45, 7) is 1.73. The molecule has 2 aromatic rings. The van der Waals surface area contributed by atoms with E-state index in [4.69, 9.17) is 18.9 Å². The molecule has 0 spiro atoms. The second kappa shape index (κ2) is 8.29. The van der Waals surface area contributed by atoms with Gasteiger partial charge in [0.25, 0.3) is 0 Å². The molecule has 0 amide bonds. The highest BCUT2D eigenvalue weighted by Gasteiger charge is 2.22. The molecule has 8 heteroatoms. The normalized spacial score (nSPS) is 12.3. The van der Waals surface area contributed by atoms with Crippen LogP contribution in [0.3, 0.4) is 0 Å². The first kappa shape index (κ1) is 19.9. The zero-order chi connectivity index (χ0) is 19.3. The maximum atomic E-state index is 12.8. The minimum atomic E-state index is -3.79. The second-order valence-electron chi connectivity index (χ2n) is 5.47. The summed E-state index contributed by atoms with van der Waals surface area (Å²) in [7, 11) is 2.22. The van der Waals surface area contributed by atoms with Gasteiger partial charge in [-0.1, -0.05) is 0 Å². The van der Waals surface area contributed by atoms with E-state index < -0.39 is 16.1 Å². The molecule has 0 aliphatic carbocycles. The van der Waals surface area contributed by atoms with E-state index in [-0.39, 0.29) is 4.90 Å². The van der Waals surface area contributed by atoms with E-state index in [0.29, 0.717) is 28.6 Å². The van der Waals surface area contributed by atoms with Gasteiger partial charge in [-0.3, -0.25) is 0 Å². The Labute approximate surface area is 153 Å². The Bertz CT molecular complexity index is 866. The van der Waals surface area contributed by atoms with Crippen LogP contribution in [0.1, 0.15) is 18.5 Å². The number of hydrogen-bond donors (Lipinski definition) is 1. The van der Waals surface area contributed by atoms with Gasteiger partial charge >= 0.3 is 0 Å². The standard InChI is InChI=1S/C18H23NO6S/c1-12(15-10-13(22-2)6-8-16(15)23-3)19-26(20,21)14-7-9-17(24-4)18(11-14)25-5/h6-12,19H,1-5H3. The van der Waals surface area contributed by atoms with Crippen LogP contribution in [0.25, 0.3) is 0 Å². The third kappa shape index (κ3) is 4.20. The van der Waals surface area contributed by atoms with Crippen LogP contribution in [0.2, 0.25) is 0 Å². The number of methoxy groups -OCH3 is 4. The Morgan fingerprint density at radius 3 is 2.00 bits per heavy atom. The molecule has 0 aromatic heterocycles. The maximum Gasteiger partial charge on any atom is 0.241 e. The summed E-state index contributed by atoms with van der Waals surface area (Å²) in [5.41, 5.74) is 0.663. The SMILES string of the molecule is COc1ccc(OC)c(C(C)NS(=O)(=O)c2ccc(OC)c(OC)c2)c1. The third-order valence-corrected chi connectivity index (χ3v) is 5.44. The van der Waals surface area contributed by atoms with Crippen molar-refractivity contribution in [3.8, 4) is 23.0 Å². The van der Waals surface area contributed by atoms with Gasteiger partial charge in [0.05, 0.1) is 33.3 Å². The molecule has 2 rings (SSSR count). The Hall–Kier alpha value is -2.45. The lowest BCUT2D eigenvalue weighted by molar-refractivity contribution is 0.354. The van der Waals surface area contributed by atoms with Gasteiger partial charge in [0.15, 0.2) is 11.5 Å². The molecule has 0 saturated carbocycles. The smallest absolute Gasteiger partial charge is 0.241 e. The van der Waals surface area contributed by atoms with Gasteiger partial charge in [-0.2, -0.15) is 0 Å². The number of ether oxygens (including phenoxy) is 4. The molecule has 1 atom stereocenters. The van der Waals surface area contributed by atoms with Crippen molar-refractivity contribution >= 4 is 10.0 Å². The molecule has 0 aliphatic rings. The van der Waals surface area contributed by atoms with E-state index in [1.165, 1.54) is 33.5 Å². The highest BCUT2D eigenvalue weighted by molar-refractivity contribution is 7.89. The third-order valence-electron chi connectivity index (χ3n) is 3.90. The molecule has 0 radical (unpaired) electrons. The van der Waals surface area contributed by atoms with Crippen molar-refractivity contribution in [3.63, 3.8) is 0 Å². The monoisotopic (exact) mass is 381 g/mol. The van der Waals surface area contributed by atoms with Crippen LogP contribution in [0.5, 0.6) is 23.0 Å². The van der Waals surface area contributed by atoms with E-state index in [1.807, 2.05) is 0 Å². The molecule has 0 bridgehead atoms. The molecule has 1 N–H and O–H groups in total. The molecule has 0 saturated heterocycles. The number of nitrogens with one attached hydrogen (secondary N) is 1. The summed E-state index contributed by atoms with van der Waals surface area (Å²) < 4.78 is 49.0. The van der Waals surface area contributed by atoms with Gasteiger partial charge in [-0.25, -0.2) is 13.1 Å². The maximum absolute atomic E-state index is 12.8. The van der Waals surface area contributed by atoms with Crippen LogP contribution in [0, 0.1) is 0 Å². The molecule has 2 aromatic carbocycles. The van der Waals surface area contributed by atoms with E-state index in [9.17, 15) is 8.42 Å². The second-order valence-corrected chi connectivity index (χ2v) is 7.18. The molecular weight excluding hydrogens is 358 g/mol. The van der Waals surface area contributed by atoms with Crippen molar-refractivity contribution in [2.24, 2.45) is 0 Å². The van der Waals surface area contributed by atoms with Crippen molar-refractivity contribution in [1.29, 1.82) is 0 Å². The predicted octanol–water partition coefficient (Wildman–Crippen LogP) is 2.76. The minimum absolute atomic E-state index is 0.0730. The first-order valence-electron chi connectivity index (χ1n) is 7.82. The fraction of sp³-hybridized carbons (Fsp3) is 0.333. The van der Waals surface area contributed by atoms with Crippen molar-refractivity contribution in [2.45, 2.75) is 17.9 Å². The Balaban J connectivity index is 2.35. The summed E-state index contributed by atoms with van der Waals surface area (Å²) in [4.78, 5) is 0.0730. The van der Waals surface area contributed by atoms with Gasteiger partial charge in [0, 0.05) is 17.7 Å². The summed E-state index contributed by atoms with van der Waals surface area (Å²) in [6, 6.07) is 9.09. The van der Waals surface area contributed by atoms with Gasteiger partial charge in [0.2, 0.25) is 10.0 Å². The Morgan fingerprint density at radius 1 is 0.808 bits per heavy atom. The lowest BCUT2D eigenvalue weighted by Crippen LogP contribution is -2.27. The van der Waals surface area contributed by atoms with Crippen LogP contribution in [-0.4, -0.2) is 36.9 Å². The quantitative estimate of drug-likeness (QED) is 0.757. The first-order chi connectivity index (χ1) is 12.4. The van der Waals surface area contributed by atoms with Crippen molar-refractivity contribution in [1.82, 2.24) is 4.72 Å². The average Bonchev–Trinajstić information content (AvgIpc) is 2.66. The molecule has 0 aliphatic heterocycles. The van der Waals surface area contributed by atoms with Crippen LogP contribution < -0.4 is 23.7 Å². The zero-order valence-corrected chi connectivity index (χ0v) is 16.2. The number of benzene rings is 2. The predicted molar refractivity (Wildman–Crippen MR) is 97.8 cm³/mol. The molecule has 142 valence electrons. The van der Waals surface area contributed by atoms with Gasteiger partial charge in [-0.15, -0.1) is 0 Å². The van der Waals surface area contributed by atoms with Gasteiger partial charge < -0.3 is 18.9 Å². The van der Waals surface area contributed by atoms with Crippen LogP contribution in [0.15, 0.2) is 41.3 Å². The van der Waals surface area contributed by atoms with Crippen LogP contribution in [0.4, 0.5) is 0 Å². The first-order valence-corrected chi connectivity index (χ1v) is 9.31. The fourth-order valence-electron chi connectivity index (χ4n) is 2.53. The minimum Gasteiger partial charge on any atom is -0.497 e. The summed E-state index contributed by atoms with van der Waals surface area (Å²) in [5, 5.41) is 0. The fourth-order valence-corrected chi connectivity index (χ4v) is 3.76. The highest BCUT2D eigenvalue weighted by Crippen LogP contribution is 2.32. The summed E-state index contributed by atoms with van der Waals surface area (Å²) >= 11 is 0. The van der Waals surface area contributed by atoms with Crippen molar-refractivity contribution in [2.75, 3.05) is 28.4 Å². The van der Waals surface area contributed by atoms with Gasteiger partial charge in [0.1, 0.15) is 11.5 Å². The van der Waals surface area contributed by atoms with Crippen LogP contribution in [-0.2, 0) is 10.0 Å². The summed E-state index contributed by atoms with van der Waals surface area (Å²) in [6.07, 6.45) is 0. The van der Waals surface area contributed by atoms with Crippen molar-refractivity contribution < 1.29 is 27.4 Å². The molecule has 0 heterocycles. The highest BCUT2D eigenvalue weighted by atomic mass is 32.2. The summed E-state index contributed by atoms with van der Waals surface area (Å²) in [5.74, 6) is 1.96. The largest absolute Gasteiger partial charge is 0.497 e. The van der Waals surface area contributed by atoms with E-state index in [0.717, 1.165) is 0 Å². The van der Waals surface area contributed by atoms with E-state index in [2.05, 4.69) is 4.72 Å². The Morgan fingerprint density at radius 2 is 1.42 bits per heavy atom.